The van der Waals surface area contributed by atoms with Crippen molar-refractivity contribution in [1.82, 2.24) is 0 Å². The van der Waals surface area contributed by atoms with E-state index in [1.807, 2.05) is 54.6 Å². The second-order valence-electron chi connectivity index (χ2n) is 5.68. The van der Waals surface area contributed by atoms with Crippen molar-refractivity contribution in [2.75, 3.05) is 11.1 Å². The van der Waals surface area contributed by atoms with E-state index < -0.39 is 0 Å². The fourth-order valence-corrected chi connectivity index (χ4v) is 3.25. The van der Waals surface area contributed by atoms with Gasteiger partial charge in [0.25, 0.3) is 0 Å². The number of nitrogen functional groups attached to an aromatic ring is 1. The first-order valence-electron chi connectivity index (χ1n) is 7.59. The number of nitrogens with two attached hydrogens (primary N) is 1. The van der Waals surface area contributed by atoms with Crippen LogP contribution in [0.5, 0.6) is 0 Å². The molecule has 112 valence electrons. The lowest BCUT2D eigenvalue weighted by Crippen LogP contribution is -2.21. The minimum Gasteiger partial charge on any atom is -0.397 e. The molecule has 0 saturated heterocycles. The first-order valence-corrected chi connectivity index (χ1v) is 7.59. The number of anilines is 2. The number of hydrogen-bond acceptors (Lipinski definition) is 2. The minimum atomic E-state index is -0.304. The zero-order valence-electron chi connectivity index (χ0n) is 12.5. The van der Waals surface area contributed by atoms with Gasteiger partial charge in [-0.3, -0.25) is 4.79 Å². The van der Waals surface area contributed by atoms with Gasteiger partial charge in [-0.1, -0.05) is 60.7 Å². The SMILES string of the molecule is Nc1ccccc1NC(=O)C1c2ccccc2-c2ccccc21. The molecule has 0 radical (unpaired) electrons. The summed E-state index contributed by atoms with van der Waals surface area (Å²) in [6, 6.07) is 23.5. The largest absolute Gasteiger partial charge is 0.397 e. The predicted molar refractivity (Wildman–Crippen MR) is 93.2 cm³/mol. The molecule has 3 aromatic carbocycles. The smallest absolute Gasteiger partial charge is 0.236 e. The van der Waals surface area contributed by atoms with Gasteiger partial charge in [-0.25, -0.2) is 0 Å². The number of benzene rings is 3. The molecule has 3 aromatic rings. The van der Waals surface area contributed by atoms with Crippen LogP contribution in [-0.4, -0.2) is 5.91 Å². The first kappa shape index (κ1) is 13.6. The summed E-state index contributed by atoms with van der Waals surface area (Å²) in [6.07, 6.45) is 0. The van der Waals surface area contributed by atoms with E-state index in [0.29, 0.717) is 11.4 Å². The Labute approximate surface area is 134 Å². The third-order valence-corrected chi connectivity index (χ3v) is 4.31. The van der Waals surface area contributed by atoms with Crippen molar-refractivity contribution in [2.45, 2.75) is 5.92 Å². The Kier molecular flexibility index (Phi) is 3.12. The fraction of sp³-hybridized carbons (Fsp3) is 0.0500. The second kappa shape index (κ2) is 5.29. The standard InChI is InChI=1S/C20H16N2O/c21-17-11-5-6-12-18(17)22-20(23)19-15-9-3-1-7-13(15)14-8-2-4-10-16(14)19/h1-12,19H,21H2,(H,22,23). The molecule has 0 fully saturated rings. The Morgan fingerprint density at radius 3 is 1.91 bits per heavy atom. The summed E-state index contributed by atoms with van der Waals surface area (Å²) in [5.41, 5.74) is 11.5. The Balaban J connectivity index is 1.77. The van der Waals surface area contributed by atoms with Crippen LogP contribution >= 0.6 is 0 Å². The third kappa shape index (κ3) is 2.18. The normalized spacial score (nSPS) is 12.5. The van der Waals surface area contributed by atoms with E-state index in [1.54, 1.807) is 6.07 Å². The van der Waals surface area contributed by atoms with Crippen LogP contribution in [0.1, 0.15) is 17.0 Å². The maximum Gasteiger partial charge on any atom is 0.236 e. The first-order chi connectivity index (χ1) is 11.3. The molecule has 0 saturated carbocycles. The van der Waals surface area contributed by atoms with Crippen LogP contribution in [0.2, 0.25) is 0 Å². The van der Waals surface area contributed by atoms with Crippen LogP contribution in [0, 0.1) is 0 Å². The Morgan fingerprint density at radius 1 is 0.783 bits per heavy atom. The van der Waals surface area contributed by atoms with Crippen molar-refractivity contribution in [3.63, 3.8) is 0 Å². The molecule has 4 rings (SSSR count). The van der Waals surface area contributed by atoms with Gasteiger partial charge in [0.2, 0.25) is 5.91 Å². The molecule has 3 N–H and O–H groups in total. The zero-order chi connectivity index (χ0) is 15.8. The zero-order valence-corrected chi connectivity index (χ0v) is 12.5. The van der Waals surface area contributed by atoms with Gasteiger partial charge >= 0.3 is 0 Å². The monoisotopic (exact) mass is 300 g/mol. The van der Waals surface area contributed by atoms with Crippen molar-refractivity contribution >= 4 is 17.3 Å². The summed E-state index contributed by atoms with van der Waals surface area (Å²) in [5.74, 6) is -0.359. The summed E-state index contributed by atoms with van der Waals surface area (Å²) in [4.78, 5) is 12.9. The molecule has 0 aromatic heterocycles. The number of hydrogen-bond donors (Lipinski definition) is 2. The number of para-hydroxylation sites is 2. The number of fused-ring (bicyclic) bond motifs is 3. The molecule has 0 aliphatic heterocycles. The molecule has 0 atom stereocenters. The number of amides is 1. The molecule has 0 spiro atoms. The van der Waals surface area contributed by atoms with Crippen molar-refractivity contribution in [3.05, 3.63) is 83.9 Å². The highest BCUT2D eigenvalue weighted by atomic mass is 16.1. The summed E-state index contributed by atoms with van der Waals surface area (Å²) in [7, 11) is 0. The quantitative estimate of drug-likeness (QED) is 0.702. The van der Waals surface area contributed by atoms with Crippen molar-refractivity contribution in [1.29, 1.82) is 0 Å². The Morgan fingerprint density at radius 2 is 1.30 bits per heavy atom. The van der Waals surface area contributed by atoms with Crippen molar-refractivity contribution in [2.24, 2.45) is 0 Å². The van der Waals surface area contributed by atoms with Gasteiger partial charge in [-0.2, -0.15) is 0 Å². The predicted octanol–water partition coefficient (Wildman–Crippen LogP) is 4.02. The van der Waals surface area contributed by atoms with Crippen LogP contribution in [0.4, 0.5) is 11.4 Å². The molecule has 1 aliphatic rings. The van der Waals surface area contributed by atoms with E-state index in [9.17, 15) is 4.79 Å². The van der Waals surface area contributed by atoms with Gasteiger partial charge in [0.1, 0.15) is 0 Å². The molecule has 1 amide bonds. The number of carbonyl (C=O) groups excluding carboxylic acids is 1. The lowest BCUT2D eigenvalue weighted by molar-refractivity contribution is -0.116. The number of carbonyl (C=O) groups is 1. The van der Waals surface area contributed by atoms with Crippen LogP contribution < -0.4 is 11.1 Å². The van der Waals surface area contributed by atoms with Gasteiger partial charge in [0.15, 0.2) is 0 Å². The van der Waals surface area contributed by atoms with Gasteiger partial charge in [-0.05, 0) is 34.4 Å². The Bertz CT molecular complexity index is 856. The molecular formula is C20H16N2O. The summed E-state index contributed by atoms with van der Waals surface area (Å²) in [6.45, 7) is 0. The summed E-state index contributed by atoms with van der Waals surface area (Å²) in [5, 5.41) is 2.97. The third-order valence-electron chi connectivity index (χ3n) is 4.31. The maximum atomic E-state index is 12.9. The Hall–Kier alpha value is -3.07. The molecule has 0 heterocycles. The number of nitrogens with one attached hydrogen (secondary N) is 1. The lowest BCUT2D eigenvalue weighted by Gasteiger charge is -2.15. The fourth-order valence-electron chi connectivity index (χ4n) is 3.25. The van der Waals surface area contributed by atoms with E-state index in [-0.39, 0.29) is 11.8 Å². The van der Waals surface area contributed by atoms with Crippen LogP contribution in [0.25, 0.3) is 11.1 Å². The molecule has 0 unspecified atom stereocenters. The van der Waals surface area contributed by atoms with E-state index >= 15 is 0 Å². The highest BCUT2D eigenvalue weighted by Gasteiger charge is 2.33. The average molecular weight is 300 g/mol. The van der Waals surface area contributed by atoms with E-state index in [2.05, 4.69) is 17.4 Å². The van der Waals surface area contributed by atoms with Crippen LogP contribution in [-0.2, 0) is 4.79 Å². The van der Waals surface area contributed by atoms with Crippen molar-refractivity contribution in [3.8, 4) is 11.1 Å². The highest BCUT2D eigenvalue weighted by Crippen LogP contribution is 2.45. The molecular weight excluding hydrogens is 284 g/mol. The number of rotatable bonds is 2. The maximum absolute atomic E-state index is 12.9. The van der Waals surface area contributed by atoms with Gasteiger partial charge in [0.05, 0.1) is 17.3 Å². The minimum absolute atomic E-state index is 0.0553. The van der Waals surface area contributed by atoms with E-state index in [0.717, 1.165) is 22.3 Å². The molecule has 3 nitrogen and oxygen atoms in total. The average Bonchev–Trinajstić information content (AvgIpc) is 2.91. The lowest BCUT2D eigenvalue weighted by atomic mass is 9.96. The van der Waals surface area contributed by atoms with Crippen LogP contribution in [0.15, 0.2) is 72.8 Å². The van der Waals surface area contributed by atoms with Gasteiger partial charge in [-0.15, -0.1) is 0 Å². The van der Waals surface area contributed by atoms with E-state index in [4.69, 9.17) is 5.73 Å². The summed E-state index contributed by atoms with van der Waals surface area (Å²) < 4.78 is 0. The van der Waals surface area contributed by atoms with E-state index in [1.165, 1.54) is 0 Å². The molecule has 3 heteroatoms. The summed E-state index contributed by atoms with van der Waals surface area (Å²) >= 11 is 0. The van der Waals surface area contributed by atoms with Gasteiger partial charge < -0.3 is 11.1 Å². The molecule has 23 heavy (non-hydrogen) atoms. The molecule has 1 aliphatic carbocycles. The topological polar surface area (TPSA) is 55.1 Å². The van der Waals surface area contributed by atoms with Crippen LogP contribution in [0.3, 0.4) is 0 Å². The van der Waals surface area contributed by atoms with Gasteiger partial charge in [0, 0.05) is 0 Å². The van der Waals surface area contributed by atoms with Crippen molar-refractivity contribution < 1.29 is 4.79 Å². The second-order valence-corrected chi connectivity index (χ2v) is 5.68. The highest BCUT2D eigenvalue weighted by molar-refractivity contribution is 6.04. The molecule has 0 bridgehead atoms.